The molecule has 0 spiro atoms. The van der Waals surface area contributed by atoms with E-state index in [2.05, 4.69) is 18.0 Å². The largest absolute Gasteiger partial charge is 0.397 e. The average Bonchev–Trinajstić information content (AvgIpc) is 2.84. The molecule has 3 heteroatoms. The Morgan fingerprint density at radius 2 is 2.00 bits per heavy atom. The van der Waals surface area contributed by atoms with Gasteiger partial charge in [0.2, 0.25) is 0 Å². The van der Waals surface area contributed by atoms with E-state index in [9.17, 15) is 0 Å². The van der Waals surface area contributed by atoms with Gasteiger partial charge >= 0.3 is 0 Å². The second-order valence-corrected chi connectivity index (χ2v) is 5.93. The molecule has 2 rings (SSSR count). The van der Waals surface area contributed by atoms with E-state index in [1.54, 1.807) is 0 Å². The third-order valence-electron chi connectivity index (χ3n) is 4.07. The first-order valence-electron chi connectivity index (χ1n) is 6.84. The number of anilines is 2. The van der Waals surface area contributed by atoms with Crippen molar-refractivity contribution >= 4 is 23.0 Å². The van der Waals surface area contributed by atoms with Gasteiger partial charge in [0, 0.05) is 18.6 Å². The molecule has 0 atom stereocenters. The van der Waals surface area contributed by atoms with Crippen LogP contribution in [0, 0.1) is 12.8 Å². The molecule has 1 aromatic carbocycles. The van der Waals surface area contributed by atoms with Crippen molar-refractivity contribution in [3.05, 3.63) is 22.7 Å². The van der Waals surface area contributed by atoms with Gasteiger partial charge in [0.25, 0.3) is 0 Å². The van der Waals surface area contributed by atoms with Crippen LogP contribution >= 0.6 is 11.6 Å². The lowest BCUT2D eigenvalue weighted by Crippen LogP contribution is -2.21. The molecule has 0 unspecified atom stereocenters. The Morgan fingerprint density at radius 3 is 2.67 bits per heavy atom. The number of halogens is 1. The first kappa shape index (κ1) is 13.5. The van der Waals surface area contributed by atoms with Crippen LogP contribution in [-0.2, 0) is 0 Å². The van der Waals surface area contributed by atoms with Crippen LogP contribution in [-0.4, -0.2) is 13.6 Å². The maximum atomic E-state index is 6.07. The predicted octanol–water partition coefficient (Wildman–Crippen LogP) is 4.25. The van der Waals surface area contributed by atoms with E-state index in [4.69, 9.17) is 17.3 Å². The fourth-order valence-corrected chi connectivity index (χ4v) is 2.98. The van der Waals surface area contributed by atoms with Crippen molar-refractivity contribution in [2.45, 2.75) is 39.0 Å². The zero-order valence-corrected chi connectivity index (χ0v) is 12.1. The molecule has 0 aliphatic heterocycles. The van der Waals surface area contributed by atoms with E-state index in [0.717, 1.165) is 34.4 Å². The van der Waals surface area contributed by atoms with Crippen molar-refractivity contribution in [3.8, 4) is 0 Å². The zero-order valence-electron chi connectivity index (χ0n) is 11.4. The lowest BCUT2D eigenvalue weighted by Gasteiger charge is -2.23. The number of aryl methyl sites for hydroxylation is 1. The SMILES string of the molecule is Cc1cc(N(C)CCC2CCCC2)c(N)cc1Cl. The van der Waals surface area contributed by atoms with Gasteiger partial charge in [-0.1, -0.05) is 37.3 Å². The van der Waals surface area contributed by atoms with E-state index in [1.807, 2.05) is 13.0 Å². The van der Waals surface area contributed by atoms with E-state index in [1.165, 1.54) is 32.1 Å². The first-order chi connectivity index (χ1) is 8.58. The van der Waals surface area contributed by atoms with Crippen molar-refractivity contribution in [1.82, 2.24) is 0 Å². The number of nitrogens with two attached hydrogens (primary N) is 1. The van der Waals surface area contributed by atoms with Gasteiger partial charge in [-0.3, -0.25) is 0 Å². The second-order valence-electron chi connectivity index (χ2n) is 5.52. The monoisotopic (exact) mass is 266 g/mol. The van der Waals surface area contributed by atoms with E-state index >= 15 is 0 Å². The summed E-state index contributed by atoms with van der Waals surface area (Å²) in [5.74, 6) is 0.919. The minimum absolute atomic E-state index is 0.750. The number of rotatable bonds is 4. The van der Waals surface area contributed by atoms with Crippen LogP contribution in [0.1, 0.15) is 37.7 Å². The van der Waals surface area contributed by atoms with Crippen molar-refractivity contribution in [1.29, 1.82) is 0 Å². The van der Waals surface area contributed by atoms with Gasteiger partial charge in [-0.2, -0.15) is 0 Å². The summed E-state index contributed by atoms with van der Waals surface area (Å²) in [7, 11) is 2.12. The molecule has 0 bridgehead atoms. The van der Waals surface area contributed by atoms with E-state index in [0.29, 0.717) is 0 Å². The van der Waals surface area contributed by atoms with Crippen LogP contribution < -0.4 is 10.6 Å². The van der Waals surface area contributed by atoms with Gasteiger partial charge in [0.15, 0.2) is 0 Å². The van der Waals surface area contributed by atoms with Crippen LogP contribution in [0.5, 0.6) is 0 Å². The molecule has 100 valence electrons. The summed E-state index contributed by atoms with van der Waals surface area (Å²) in [6, 6.07) is 3.95. The molecule has 1 aromatic rings. The normalized spacial score (nSPS) is 16.2. The molecular formula is C15H23ClN2. The molecule has 1 aliphatic carbocycles. The molecule has 0 heterocycles. The topological polar surface area (TPSA) is 29.3 Å². The molecule has 0 aromatic heterocycles. The van der Waals surface area contributed by atoms with Crippen molar-refractivity contribution in [3.63, 3.8) is 0 Å². The summed E-state index contributed by atoms with van der Waals surface area (Å²) in [6.45, 7) is 3.10. The summed E-state index contributed by atoms with van der Waals surface area (Å²) in [6.07, 6.45) is 6.91. The highest BCUT2D eigenvalue weighted by molar-refractivity contribution is 6.31. The molecule has 1 fully saturated rings. The van der Waals surface area contributed by atoms with Crippen LogP contribution in [0.2, 0.25) is 5.02 Å². The fraction of sp³-hybridized carbons (Fsp3) is 0.600. The molecule has 1 aliphatic rings. The fourth-order valence-electron chi connectivity index (χ4n) is 2.81. The molecular weight excluding hydrogens is 244 g/mol. The highest BCUT2D eigenvalue weighted by atomic mass is 35.5. The number of benzene rings is 1. The molecule has 2 N–H and O–H groups in total. The Morgan fingerprint density at radius 1 is 1.33 bits per heavy atom. The summed E-state index contributed by atoms with van der Waals surface area (Å²) in [5, 5.41) is 0.750. The molecule has 18 heavy (non-hydrogen) atoms. The third kappa shape index (κ3) is 3.11. The summed E-state index contributed by atoms with van der Waals surface area (Å²) >= 11 is 6.07. The van der Waals surface area contributed by atoms with Crippen LogP contribution in [0.4, 0.5) is 11.4 Å². The Labute approximate surface area is 115 Å². The molecule has 1 saturated carbocycles. The summed E-state index contributed by atoms with van der Waals surface area (Å²) < 4.78 is 0. The lowest BCUT2D eigenvalue weighted by atomic mass is 10.0. The number of hydrogen-bond acceptors (Lipinski definition) is 2. The first-order valence-corrected chi connectivity index (χ1v) is 7.22. The Hall–Kier alpha value is -0.890. The van der Waals surface area contributed by atoms with Gasteiger partial charge in [-0.15, -0.1) is 0 Å². The quantitative estimate of drug-likeness (QED) is 0.826. The maximum absolute atomic E-state index is 6.07. The minimum atomic E-state index is 0.750. The zero-order chi connectivity index (χ0) is 13.1. The smallest absolute Gasteiger partial charge is 0.0601 e. The Kier molecular flexibility index (Phi) is 4.39. The summed E-state index contributed by atoms with van der Waals surface area (Å²) in [5.41, 5.74) is 9.02. The van der Waals surface area contributed by atoms with Crippen molar-refractivity contribution in [2.24, 2.45) is 5.92 Å². The van der Waals surface area contributed by atoms with Crippen LogP contribution in [0.25, 0.3) is 0 Å². The summed E-state index contributed by atoms with van der Waals surface area (Å²) in [4.78, 5) is 2.26. The molecule has 0 saturated heterocycles. The predicted molar refractivity (Wildman–Crippen MR) is 80.4 cm³/mol. The Bertz CT molecular complexity index is 411. The Balaban J connectivity index is 1.99. The van der Waals surface area contributed by atoms with Crippen molar-refractivity contribution in [2.75, 3.05) is 24.2 Å². The number of hydrogen-bond donors (Lipinski definition) is 1. The second kappa shape index (κ2) is 5.83. The highest BCUT2D eigenvalue weighted by Crippen LogP contribution is 2.31. The van der Waals surface area contributed by atoms with Gasteiger partial charge < -0.3 is 10.6 Å². The van der Waals surface area contributed by atoms with Gasteiger partial charge in [0.05, 0.1) is 11.4 Å². The highest BCUT2D eigenvalue weighted by Gasteiger charge is 2.16. The van der Waals surface area contributed by atoms with Gasteiger partial charge in [-0.05, 0) is 37.0 Å². The lowest BCUT2D eigenvalue weighted by molar-refractivity contribution is 0.505. The average molecular weight is 267 g/mol. The molecule has 0 amide bonds. The van der Waals surface area contributed by atoms with Gasteiger partial charge in [0.1, 0.15) is 0 Å². The van der Waals surface area contributed by atoms with Gasteiger partial charge in [-0.25, -0.2) is 0 Å². The van der Waals surface area contributed by atoms with Crippen LogP contribution in [0.15, 0.2) is 12.1 Å². The minimum Gasteiger partial charge on any atom is -0.397 e. The number of nitrogen functional groups attached to an aromatic ring is 1. The van der Waals surface area contributed by atoms with Crippen LogP contribution in [0.3, 0.4) is 0 Å². The van der Waals surface area contributed by atoms with E-state index < -0.39 is 0 Å². The standard InChI is InChI=1S/C15H23ClN2/c1-11-9-15(14(17)10-13(11)16)18(2)8-7-12-5-3-4-6-12/h9-10,12H,3-8,17H2,1-2H3. The third-order valence-corrected chi connectivity index (χ3v) is 4.47. The molecule has 2 nitrogen and oxygen atoms in total. The van der Waals surface area contributed by atoms with Crippen molar-refractivity contribution < 1.29 is 0 Å². The maximum Gasteiger partial charge on any atom is 0.0601 e. The van der Waals surface area contributed by atoms with E-state index in [-0.39, 0.29) is 0 Å². The number of nitrogens with zero attached hydrogens (tertiary/aromatic N) is 1. The molecule has 0 radical (unpaired) electrons.